The largest absolute Gasteiger partial charge is 0.462 e. The van der Waals surface area contributed by atoms with E-state index in [0.29, 0.717) is 17.0 Å². The number of rotatable bonds is 11. The van der Waals surface area contributed by atoms with Crippen LogP contribution in [0.25, 0.3) is 21.9 Å². The molecular formula is C29H35F2N6O7P. The Balaban J connectivity index is 1.45. The number of carbonyl (C=O) groups is 1. The van der Waals surface area contributed by atoms with Gasteiger partial charge in [0.2, 0.25) is 0 Å². The maximum absolute atomic E-state index is 16.4. The van der Waals surface area contributed by atoms with E-state index in [0.717, 1.165) is 16.9 Å². The molecule has 16 heteroatoms. The highest BCUT2D eigenvalue weighted by Crippen LogP contribution is 2.52. The molecule has 6 atom stereocenters. The normalized spacial score (nSPS) is 25.4. The van der Waals surface area contributed by atoms with Crippen molar-refractivity contribution < 1.29 is 41.8 Å². The molecule has 5 rings (SSSR count). The van der Waals surface area contributed by atoms with Crippen molar-refractivity contribution in [3.8, 4) is 5.75 Å². The van der Waals surface area contributed by atoms with E-state index in [1.54, 1.807) is 64.2 Å². The van der Waals surface area contributed by atoms with Gasteiger partial charge >= 0.3 is 13.7 Å². The number of nitrogens with one attached hydrogen (secondary N) is 2. The molecule has 1 fully saturated rings. The highest BCUT2D eigenvalue weighted by molar-refractivity contribution is 7.52. The number of hydrogen-bond acceptors (Lipinski definition) is 11. The number of fused-ring (bicyclic) bond motifs is 2. The molecule has 3 N–H and O–H groups in total. The first-order chi connectivity index (χ1) is 21.2. The molecule has 242 valence electrons. The SMILES string of the molecule is CNc1nc(C)nc2c1ncn2[C@@H]1O[C@](F)(COP(=O)(N[C@@H](C)C(=O)OC(C)C)Oc2cccc3ccccc23)[C@@H](O)[C@@]1(C)F. The van der Waals surface area contributed by atoms with E-state index in [2.05, 4.69) is 25.4 Å². The Labute approximate surface area is 257 Å². The minimum absolute atomic E-state index is 0.0997. The summed E-state index contributed by atoms with van der Waals surface area (Å²) in [6, 6.07) is 10.8. The van der Waals surface area contributed by atoms with Crippen molar-refractivity contribution in [1.29, 1.82) is 0 Å². The third-order valence-corrected chi connectivity index (χ3v) is 8.82. The van der Waals surface area contributed by atoms with Crippen molar-refractivity contribution >= 4 is 41.5 Å². The Bertz CT molecular complexity index is 1770. The summed E-state index contributed by atoms with van der Waals surface area (Å²) < 4.78 is 69.9. The average molecular weight is 649 g/mol. The van der Waals surface area contributed by atoms with Gasteiger partial charge in [0.25, 0.3) is 5.85 Å². The summed E-state index contributed by atoms with van der Waals surface area (Å²) in [5.74, 6) is -3.23. The van der Waals surface area contributed by atoms with Crippen LogP contribution in [0, 0.1) is 6.92 Å². The second kappa shape index (κ2) is 12.2. The number of ether oxygens (including phenoxy) is 2. The summed E-state index contributed by atoms with van der Waals surface area (Å²) in [5.41, 5.74) is -2.35. The van der Waals surface area contributed by atoms with Crippen LogP contribution >= 0.6 is 7.75 Å². The molecule has 3 heterocycles. The van der Waals surface area contributed by atoms with E-state index in [-0.39, 0.29) is 16.9 Å². The number of halogens is 2. The van der Waals surface area contributed by atoms with Gasteiger partial charge in [0, 0.05) is 12.4 Å². The van der Waals surface area contributed by atoms with Gasteiger partial charge in [-0.15, -0.1) is 0 Å². The number of aliphatic hydroxyl groups is 1. The molecule has 0 aliphatic carbocycles. The molecule has 4 aromatic rings. The second-order valence-corrected chi connectivity index (χ2v) is 12.9. The molecule has 0 saturated carbocycles. The Hall–Kier alpha value is -3.75. The quantitative estimate of drug-likeness (QED) is 0.152. The summed E-state index contributed by atoms with van der Waals surface area (Å²) in [7, 11) is -3.03. The van der Waals surface area contributed by atoms with Crippen LogP contribution in [0.2, 0.25) is 0 Å². The fourth-order valence-corrected chi connectivity index (χ4v) is 6.55. The Morgan fingerprint density at radius 1 is 1.18 bits per heavy atom. The molecule has 45 heavy (non-hydrogen) atoms. The zero-order valence-electron chi connectivity index (χ0n) is 25.5. The third kappa shape index (κ3) is 6.36. The van der Waals surface area contributed by atoms with Crippen molar-refractivity contribution in [2.75, 3.05) is 19.0 Å². The number of imidazole rings is 1. The molecule has 0 radical (unpaired) electrons. The van der Waals surface area contributed by atoms with Crippen molar-refractivity contribution in [2.24, 2.45) is 0 Å². The molecule has 1 saturated heterocycles. The lowest BCUT2D eigenvalue weighted by molar-refractivity contribution is -0.202. The van der Waals surface area contributed by atoms with Crippen LogP contribution in [0.5, 0.6) is 5.75 Å². The predicted molar refractivity (Wildman–Crippen MR) is 161 cm³/mol. The summed E-state index contributed by atoms with van der Waals surface area (Å²) in [6.45, 7) is 5.95. The molecule has 0 amide bonds. The van der Waals surface area contributed by atoms with Gasteiger partial charge < -0.3 is 24.4 Å². The van der Waals surface area contributed by atoms with Crippen molar-refractivity contribution in [1.82, 2.24) is 24.6 Å². The Morgan fingerprint density at radius 3 is 2.60 bits per heavy atom. The maximum Gasteiger partial charge on any atom is 0.459 e. The lowest BCUT2D eigenvalue weighted by Crippen LogP contribution is -2.47. The number of carbonyl (C=O) groups excluding carboxylic acids is 1. The van der Waals surface area contributed by atoms with Crippen LogP contribution in [0.1, 0.15) is 39.7 Å². The number of hydrogen-bond donors (Lipinski definition) is 3. The topological polar surface area (TPSA) is 159 Å². The molecule has 2 aromatic carbocycles. The minimum atomic E-state index is -4.65. The summed E-state index contributed by atoms with van der Waals surface area (Å²) in [4.78, 5) is 25.3. The molecule has 13 nitrogen and oxygen atoms in total. The summed E-state index contributed by atoms with van der Waals surface area (Å²) in [5, 5.41) is 17.6. The average Bonchev–Trinajstić information content (AvgIpc) is 3.48. The Morgan fingerprint density at radius 2 is 1.89 bits per heavy atom. The fourth-order valence-electron chi connectivity index (χ4n) is 5.03. The van der Waals surface area contributed by atoms with E-state index >= 15 is 8.78 Å². The number of aromatic nitrogens is 4. The first kappa shape index (κ1) is 32.6. The number of nitrogens with zero attached hydrogens (tertiary/aromatic N) is 4. The number of aryl methyl sites for hydroxylation is 1. The van der Waals surface area contributed by atoms with Gasteiger partial charge in [-0.2, -0.15) is 5.09 Å². The molecular weight excluding hydrogens is 613 g/mol. The molecule has 0 bridgehead atoms. The zero-order valence-corrected chi connectivity index (χ0v) is 26.4. The Kier molecular flexibility index (Phi) is 8.86. The van der Waals surface area contributed by atoms with E-state index in [4.69, 9.17) is 18.5 Å². The van der Waals surface area contributed by atoms with E-state index in [9.17, 15) is 14.5 Å². The minimum Gasteiger partial charge on any atom is -0.462 e. The number of alkyl halides is 2. The van der Waals surface area contributed by atoms with Crippen LogP contribution in [-0.4, -0.2) is 74.0 Å². The van der Waals surface area contributed by atoms with Gasteiger partial charge in [-0.05, 0) is 46.1 Å². The third-order valence-electron chi connectivity index (χ3n) is 7.21. The maximum atomic E-state index is 16.4. The molecule has 1 aliphatic heterocycles. The smallest absolute Gasteiger partial charge is 0.459 e. The standard InChI is InChI=1S/C29H35F2N6O7P/c1-16(2)42-25(38)17(3)36-45(40,44-21-13-9-11-19-10-7-8-12-20(19)21)41-14-29(31)26(39)28(5,30)27(43-29)37-15-33-22-23(32-6)34-18(4)35-24(22)37/h7-13,15-17,26-27,39H,14H2,1-6H3,(H,36,40)(H,32,34,35)/t17-,26-,27+,28+,29+,45?/m0/s1. The molecule has 2 aromatic heterocycles. The van der Waals surface area contributed by atoms with E-state index in [1.807, 2.05) is 0 Å². The molecule has 0 spiro atoms. The van der Waals surface area contributed by atoms with E-state index < -0.39 is 56.3 Å². The summed E-state index contributed by atoms with van der Waals surface area (Å²) >= 11 is 0. The van der Waals surface area contributed by atoms with Gasteiger partial charge in [-0.25, -0.2) is 28.3 Å². The number of anilines is 1. The van der Waals surface area contributed by atoms with E-state index in [1.165, 1.54) is 19.3 Å². The number of esters is 1. The number of aliphatic hydroxyl groups excluding tert-OH is 1. The monoisotopic (exact) mass is 648 g/mol. The predicted octanol–water partition coefficient (Wildman–Crippen LogP) is 4.75. The van der Waals surface area contributed by atoms with Crippen molar-refractivity contribution in [3.05, 3.63) is 54.6 Å². The lowest BCUT2D eigenvalue weighted by atomic mass is 9.97. The highest BCUT2D eigenvalue weighted by atomic mass is 31.2. The highest BCUT2D eigenvalue weighted by Gasteiger charge is 2.65. The van der Waals surface area contributed by atoms with Gasteiger partial charge in [-0.1, -0.05) is 36.4 Å². The fraction of sp³-hybridized carbons (Fsp3) is 0.448. The van der Waals surface area contributed by atoms with Gasteiger partial charge in [0.15, 0.2) is 35.0 Å². The van der Waals surface area contributed by atoms with Gasteiger partial charge in [0.1, 0.15) is 24.2 Å². The lowest BCUT2D eigenvalue weighted by Gasteiger charge is -2.28. The summed E-state index contributed by atoms with van der Waals surface area (Å²) in [6.07, 6.45) is -3.47. The zero-order chi connectivity index (χ0) is 32.7. The first-order valence-corrected chi connectivity index (χ1v) is 15.7. The van der Waals surface area contributed by atoms with Crippen LogP contribution in [-0.2, 0) is 23.4 Å². The van der Waals surface area contributed by atoms with Gasteiger partial charge in [-0.3, -0.25) is 13.9 Å². The van der Waals surface area contributed by atoms with Crippen LogP contribution in [0.4, 0.5) is 14.6 Å². The van der Waals surface area contributed by atoms with Crippen molar-refractivity contribution in [2.45, 2.75) is 70.6 Å². The van der Waals surface area contributed by atoms with Crippen molar-refractivity contribution in [3.63, 3.8) is 0 Å². The first-order valence-electron chi connectivity index (χ1n) is 14.2. The molecule has 1 unspecified atom stereocenters. The van der Waals surface area contributed by atoms with Crippen LogP contribution < -0.4 is 14.9 Å². The van der Waals surface area contributed by atoms with Gasteiger partial charge in [0.05, 0.1) is 12.4 Å². The number of benzene rings is 2. The van der Waals surface area contributed by atoms with Crippen LogP contribution in [0.15, 0.2) is 48.8 Å². The van der Waals surface area contributed by atoms with Crippen LogP contribution in [0.3, 0.4) is 0 Å². The second-order valence-electron chi connectivity index (χ2n) is 11.2. The molecule has 1 aliphatic rings.